The van der Waals surface area contributed by atoms with Crippen molar-refractivity contribution in [2.45, 2.75) is 17.7 Å². The van der Waals surface area contributed by atoms with Crippen LogP contribution in [0.2, 0.25) is 0 Å². The van der Waals surface area contributed by atoms with E-state index in [9.17, 15) is 17.6 Å². The van der Waals surface area contributed by atoms with Gasteiger partial charge in [-0.05, 0) is 25.0 Å². The van der Waals surface area contributed by atoms with Gasteiger partial charge in [-0.3, -0.25) is 4.79 Å². The summed E-state index contributed by atoms with van der Waals surface area (Å²) in [5, 5.41) is 8.86. The second-order valence-corrected chi connectivity index (χ2v) is 6.37. The number of amides is 1. The summed E-state index contributed by atoms with van der Waals surface area (Å²) < 4.78 is 39.7. The highest BCUT2D eigenvalue weighted by Crippen LogP contribution is 2.17. The predicted molar refractivity (Wildman–Crippen MR) is 72.1 cm³/mol. The third kappa shape index (κ3) is 3.37. The number of hydrogen-bond acceptors (Lipinski definition) is 4. The molecule has 0 atom stereocenters. The van der Waals surface area contributed by atoms with E-state index in [0.717, 1.165) is 25.0 Å². The number of hydrogen-bond donors (Lipinski definition) is 1. The molecule has 1 heterocycles. The Kier molecular flexibility index (Phi) is 4.55. The Bertz CT molecular complexity index is 691. The quantitative estimate of drug-likeness (QED) is 0.881. The molecule has 0 unspecified atom stereocenters. The van der Waals surface area contributed by atoms with Crippen LogP contribution < -0.4 is 4.72 Å². The SMILES string of the molecule is N#Cc1c(F)cccc1S(=O)(=O)NCC(=O)N1CCCC1. The highest BCUT2D eigenvalue weighted by atomic mass is 32.2. The summed E-state index contributed by atoms with van der Waals surface area (Å²) in [5.41, 5.74) is -0.557. The lowest BCUT2D eigenvalue weighted by molar-refractivity contribution is -0.128. The molecule has 1 amide bonds. The number of nitrogens with zero attached hydrogens (tertiary/aromatic N) is 2. The Morgan fingerprint density at radius 2 is 2.05 bits per heavy atom. The van der Waals surface area contributed by atoms with E-state index in [1.165, 1.54) is 12.1 Å². The molecule has 1 aliphatic rings. The van der Waals surface area contributed by atoms with Crippen LogP contribution in [-0.2, 0) is 14.8 Å². The van der Waals surface area contributed by atoms with Crippen LogP contribution in [-0.4, -0.2) is 38.9 Å². The number of carbonyl (C=O) groups excluding carboxylic acids is 1. The minimum Gasteiger partial charge on any atom is -0.342 e. The van der Waals surface area contributed by atoms with Crippen LogP contribution in [0.4, 0.5) is 4.39 Å². The number of halogens is 1. The normalized spacial score (nSPS) is 15.0. The number of nitrogens with one attached hydrogen (secondary N) is 1. The van der Waals surface area contributed by atoms with Crippen LogP contribution in [0.3, 0.4) is 0 Å². The van der Waals surface area contributed by atoms with Crippen molar-refractivity contribution in [2.24, 2.45) is 0 Å². The summed E-state index contributed by atoms with van der Waals surface area (Å²) in [6, 6.07) is 4.86. The van der Waals surface area contributed by atoms with Crippen molar-refractivity contribution in [3.05, 3.63) is 29.6 Å². The van der Waals surface area contributed by atoms with Crippen LogP contribution in [0, 0.1) is 17.1 Å². The fourth-order valence-electron chi connectivity index (χ4n) is 2.15. The first-order chi connectivity index (χ1) is 9.95. The van der Waals surface area contributed by atoms with E-state index in [1.807, 2.05) is 0 Å². The van der Waals surface area contributed by atoms with Gasteiger partial charge in [0.25, 0.3) is 0 Å². The van der Waals surface area contributed by atoms with Crippen molar-refractivity contribution in [3.8, 4) is 6.07 Å². The first-order valence-electron chi connectivity index (χ1n) is 6.42. The Hall–Kier alpha value is -1.98. The summed E-state index contributed by atoms with van der Waals surface area (Å²) in [6.45, 7) is 0.831. The van der Waals surface area contributed by atoms with Crippen molar-refractivity contribution >= 4 is 15.9 Å². The zero-order valence-corrected chi connectivity index (χ0v) is 12.0. The van der Waals surface area contributed by atoms with Gasteiger partial charge in [0.05, 0.1) is 6.54 Å². The molecule has 1 aromatic rings. The fraction of sp³-hybridized carbons (Fsp3) is 0.385. The van der Waals surface area contributed by atoms with Crippen molar-refractivity contribution in [2.75, 3.05) is 19.6 Å². The number of carbonyl (C=O) groups is 1. The van der Waals surface area contributed by atoms with Crippen molar-refractivity contribution < 1.29 is 17.6 Å². The summed E-state index contributed by atoms with van der Waals surface area (Å²) >= 11 is 0. The van der Waals surface area contributed by atoms with Gasteiger partial charge in [0, 0.05) is 13.1 Å². The molecule has 0 aliphatic carbocycles. The van der Waals surface area contributed by atoms with Gasteiger partial charge in [0.15, 0.2) is 0 Å². The van der Waals surface area contributed by atoms with E-state index in [2.05, 4.69) is 4.72 Å². The number of rotatable bonds is 4. The zero-order valence-electron chi connectivity index (χ0n) is 11.2. The Morgan fingerprint density at radius 1 is 1.38 bits per heavy atom. The Labute approximate surface area is 122 Å². The second-order valence-electron chi connectivity index (χ2n) is 4.64. The average Bonchev–Trinajstić information content (AvgIpc) is 2.99. The van der Waals surface area contributed by atoms with Crippen molar-refractivity contribution in [1.82, 2.24) is 9.62 Å². The maximum Gasteiger partial charge on any atom is 0.242 e. The first kappa shape index (κ1) is 15.4. The number of likely N-dealkylation sites (tertiary alicyclic amines) is 1. The van der Waals surface area contributed by atoms with Gasteiger partial charge in [0.2, 0.25) is 15.9 Å². The molecular formula is C13H14FN3O3S. The molecule has 1 aromatic carbocycles. The zero-order chi connectivity index (χ0) is 15.5. The molecule has 0 aromatic heterocycles. The van der Waals surface area contributed by atoms with E-state index in [-0.39, 0.29) is 5.91 Å². The van der Waals surface area contributed by atoms with Crippen molar-refractivity contribution in [3.63, 3.8) is 0 Å². The molecule has 1 aliphatic heterocycles. The molecule has 0 spiro atoms. The van der Waals surface area contributed by atoms with E-state index >= 15 is 0 Å². The lowest BCUT2D eigenvalue weighted by atomic mass is 10.2. The third-order valence-electron chi connectivity index (χ3n) is 3.25. The lowest BCUT2D eigenvalue weighted by Gasteiger charge is -2.15. The van der Waals surface area contributed by atoms with Gasteiger partial charge in [-0.1, -0.05) is 6.07 Å². The van der Waals surface area contributed by atoms with Crippen LogP contribution in [0.25, 0.3) is 0 Å². The minimum atomic E-state index is -4.11. The topological polar surface area (TPSA) is 90.3 Å². The number of sulfonamides is 1. The summed E-state index contributed by atoms with van der Waals surface area (Å²) in [5.74, 6) is -1.24. The molecule has 6 nitrogen and oxygen atoms in total. The smallest absolute Gasteiger partial charge is 0.242 e. The minimum absolute atomic E-state index is 0.328. The van der Waals surface area contributed by atoms with Gasteiger partial charge in [-0.15, -0.1) is 0 Å². The van der Waals surface area contributed by atoms with Gasteiger partial charge in [-0.25, -0.2) is 17.5 Å². The Morgan fingerprint density at radius 3 is 2.67 bits per heavy atom. The van der Waals surface area contributed by atoms with Crippen LogP contribution in [0.1, 0.15) is 18.4 Å². The average molecular weight is 311 g/mol. The molecule has 8 heteroatoms. The first-order valence-corrected chi connectivity index (χ1v) is 7.90. The molecule has 0 radical (unpaired) electrons. The van der Waals surface area contributed by atoms with E-state index < -0.39 is 32.8 Å². The van der Waals surface area contributed by atoms with Crippen LogP contribution >= 0.6 is 0 Å². The molecule has 1 saturated heterocycles. The summed E-state index contributed by atoms with van der Waals surface area (Å²) in [6.07, 6.45) is 1.81. The second kappa shape index (κ2) is 6.20. The van der Waals surface area contributed by atoms with E-state index in [1.54, 1.807) is 4.90 Å². The van der Waals surface area contributed by atoms with Gasteiger partial charge >= 0.3 is 0 Å². The fourth-order valence-corrected chi connectivity index (χ4v) is 3.29. The number of benzene rings is 1. The highest BCUT2D eigenvalue weighted by Gasteiger charge is 2.24. The van der Waals surface area contributed by atoms with Crippen LogP contribution in [0.5, 0.6) is 0 Å². The molecule has 1 N–H and O–H groups in total. The Balaban J connectivity index is 2.14. The molecular weight excluding hydrogens is 297 g/mol. The molecule has 0 bridgehead atoms. The van der Waals surface area contributed by atoms with E-state index in [0.29, 0.717) is 13.1 Å². The molecule has 1 fully saturated rings. The lowest BCUT2D eigenvalue weighted by Crippen LogP contribution is -2.38. The largest absolute Gasteiger partial charge is 0.342 e. The monoisotopic (exact) mass is 311 g/mol. The van der Waals surface area contributed by atoms with Crippen LogP contribution in [0.15, 0.2) is 23.1 Å². The molecule has 2 rings (SSSR count). The van der Waals surface area contributed by atoms with Crippen molar-refractivity contribution in [1.29, 1.82) is 5.26 Å². The van der Waals surface area contributed by atoms with E-state index in [4.69, 9.17) is 5.26 Å². The third-order valence-corrected chi connectivity index (χ3v) is 4.69. The summed E-state index contributed by atoms with van der Waals surface area (Å²) in [4.78, 5) is 12.9. The predicted octanol–water partition coefficient (Wildman–Crippen LogP) is 0.598. The van der Waals surface area contributed by atoms with Gasteiger partial charge in [-0.2, -0.15) is 5.26 Å². The van der Waals surface area contributed by atoms with Gasteiger partial charge < -0.3 is 4.90 Å². The number of nitriles is 1. The highest BCUT2D eigenvalue weighted by molar-refractivity contribution is 7.89. The molecule has 21 heavy (non-hydrogen) atoms. The maximum absolute atomic E-state index is 13.4. The molecule has 0 saturated carbocycles. The van der Waals surface area contributed by atoms with Gasteiger partial charge in [0.1, 0.15) is 22.3 Å². The molecule has 112 valence electrons. The maximum atomic E-state index is 13.4. The summed E-state index contributed by atoms with van der Waals surface area (Å²) in [7, 11) is -4.11. The standard InChI is InChI=1S/C13H14FN3O3S/c14-11-4-3-5-12(10(11)8-15)21(19,20)16-9-13(18)17-6-1-2-7-17/h3-5,16H,1-2,6-7,9H2.